The Bertz CT molecular complexity index is 1340. The lowest BCUT2D eigenvalue weighted by Crippen LogP contribution is -2.43. The lowest BCUT2D eigenvalue weighted by Gasteiger charge is -2.38. The van der Waals surface area contributed by atoms with Gasteiger partial charge >= 0.3 is 0 Å². The van der Waals surface area contributed by atoms with Crippen molar-refractivity contribution in [2.45, 2.75) is 142 Å². The Hall–Kier alpha value is -2.15. The molecule has 2 aromatic carbocycles. The zero-order chi connectivity index (χ0) is 31.1. The van der Waals surface area contributed by atoms with E-state index in [0.29, 0.717) is 33.2 Å². The number of benzene rings is 2. The highest BCUT2D eigenvalue weighted by Gasteiger charge is 2.43. The van der Waals surface area contributed by atoms with Gasteiger partial charge in [-0.25, -0.2) is 0 Å². The monoisotopic (exact) mass is 588 g/mol. The first kappa shape index (κ1) is 33.4. The molecule has 2 nitrogen and oxygen atoms in total. The van der Waals surface area contributed by atoms with Crippen LogP contribution in [0.25, 0.3) is 10.8 Å². The molecule has 224 valence electrons. The van der Waals surface area contributed by atoms with E-state index in [-0.39, 0.29) is 5.60 Å². The van der Waals surface area contributed by atoms with Crippen molar-refractivity contribution in [2.24, 2.45) is 0 Å². The standard InChI is InChI=1S/C37H56O2Si2/c1-24(2)40(25(3)4,26(5)6)21-19-30-31(20-22-41(27(7)8,28(9)10)29(11)12)36(38-15)32-17-16-18-34-35(32)33(30)23-37(13,14)39-34/h16-18,24-29H,23H2,1-15H3. The van der Waals surface area contributed by atoms with Crippen LogP contribution in [0.3, 0.4) is 0 Å². The lowest BCUT2D eigenvalue weighted by molar-refractivity contribution is 0.106. The van der Waals surface area contributed by atoms with E-state index in [9.17, 15) is 0 Å². The summed E-state index contributed by atoms with van der Waals surface area (Å²) in [4.78, 5) is 0. The summed E-state index contributed by atoms with van der Waals surface area (Å²) in [5.41, 5.74) is 14.4. The summed E-state index contributed by atoms with van der Waals surface area (Å²) in [6.45, 7) is 32.9. The summed E-state index contributed by atoms with van der Waals surface area (Å²) in [6.07, 6.45) is 0.796. The van der Waals surface area contributed by atoms with Gasteiger partial charge < -0.3 is 9.47 Å². The van der Waals surface area contributed by atoms with E-state index >= 15 is 0 Å². The van der Waals surface area contributed by atoms with Crippen LogP contribution >= 0.6 is 0 Å². The Morgan fingerprint density at radius 1 is 0.707 bits per heavy atom. The summed E-state index contributed by atoms with van der Waals surface area (Å²) in [6, 6.07) is 6.34. The van der Waals surface area contributed by atoms with E-state index < -0.39 is 16.1 Å². The maximum atomic E-state index is 6.53. The second-order valence-electron chi connectivity index (χ2n) is 14.8. The molecule has 1 heterocycles. The normalized spacial score (nSPS) is 15.0. The van der Waals surface area contributed by atoms with Gasteiger partial charge in [0, 0.05) is 22.8 Å². The van der Waals surface area contributed by atoms with Gasteiger partial charge in [0.05, 0.1) is 12.7 Å². The van der Waals surface area contributed by atoms with E-state index in [1.165, 1.54) is 5.56 Å². The van der Waals surface area contributed by atoms with Crippen molar-refractivity contribution in [3.8, 4) is 34.4 Å². The second-order valence-corrected chi connectivity index (χ2v) is 25.9. The molecule has 1 aliphatic rings. The largest absolute Gasteiger partial charge is 0.495 e. The minimum atomic E-state index is -1.98. The summed E-state index contributed by atoms with van der Waals surface area (Å²) < 4.78 is 12.8. The van der Waals surface area contributed by atoms with Gasteiger partial charge in [-0.1, -0.05) is 107 Å². The van der Waals surface area contributed by atoms with Crippen molar-refractivity contribution in [3.05, 3.63) is 34.9 Å². The highest BCUT2D eigenvalue weighted by molar-refractivity contribution is 6.91. The fourth-order valence-electron chi connectivity index (χ4n) is 8.25. The average Bonchev–Trinajstić information content (AvgIpc) is 2.84. The molecule has 0 radical (unpaired) electrons. The van der Waals surface area contributed by atoms with Crippen LogP contribution in [-0.4, -0.2) is 28.9 Å². The Kier molecular flexibility index (Phi) is 9.95. The van der Waals surface area contributed by atoms with Gasteiger partial charge in [0.25, 0.3) is 0 Å². The minimum Gasteiger partial charge on any atom is -0.495 e. The molecule has 4 heteroatoms. The lowest BCUT2D eigenvalue weighted by atomic mass is 9.84. The maximum Gasteiger partial charge on any atom is 0.146 e. The SMILES string of the molecule is COc1c(C#C[Si](C(C)C)(C(C)C)C(C)C)c(C#C[Si](C(C)C)(C(C)C)C(C)C)c2c3c(cccc13)OC(C)(C)C2. The average molecular weight is 589 g/mol. The third kappa shape index (κ3) is 5.77. The second kappa shape index (κ2) is 12.2. The fraction of sp³-hybridized carbons (Fsp3) is 0.622. The molecular weight excluding hydrogens is 533 g/mol. The Labute approximate surface area is 254 Å². The molecule has 0 bridgehead atoms. The zero-order valence-corrected chi connectivity index (χ0v) is 30.7. The summed E-state index contributed by atoms with van der Waals surface area (Å²) in [5, 5.41) is 2.22. The topological polar surface area (TPSA) is 18.5 Å². The van der Waals surface area contributed by atoms with Crippen LogP contribution in [-0.2, 0) is 6.42 Å². The van der Waals surface area contributed by atoms with E-state index in [0.717, 1.165) is 39.8 Å². The number of ether oxygens (including phenoxy) is 2. The maximum absolute atomic E-state index is 6.53. The van der Waals surface area contributed by atoms with Gasteiger partial charge in [-0.2, -0.15) is 0 Å². The van der Waals surface area contributed by atoms with E-state index in [1.807, 2.05) is 0 Å². The molecule has 0 spiro atoms. The fourth-order valence-corrected chi connectivity index (χ4v) is 18.7. The van der Waals surface area contributed by atoms with Crippen LogP contribution in [0.2, 0.25) is 33.2 Å². The van der Waals surface area contributed by atoms with Crippen molar-refractivity contribution in [1.82, 2.24) is 0 Å². The number of methoxy groups -OCH3 is 1. The minimum absolute atomic E-state index is 0.327. The van der Waals surface area contributed by atoms with Gasteiger partial charge in [0.15, 0.2) is 0 Å². The Morgan fingerprint density at radius 3 is 1.56 bits per heavy atom. The molecule has 0 saturated heterocycles. The Balaban J connectivity index is 2.58. The number of hydrogen-bond donors (Lipinski definition) is 0. The quantitative estimate of drug-likeness (QED) is 0.237. The van der Waals surface area contributed by atoms with Gasteiger partial charge in [0.2, 0.25) is 0 Å². The van der Waals surface area contributed by atoms with Crippen LogP contribution in [0.5, 0.6) is 11.5 Å². The third-order valence-electron chi connectivity index (χ3n) is 10.1. The molecule has 0 aliphatic carbocycles. The van der Waals surface area contributed by atoms with Gasteiger partial charge in [-0.3, -0.25) is 0 Å². The molecule has 0 saturated carbocycles. The summed E-state index contributed by atoms with van der Waals surface area (Å²) >= 11 is 0. The van der Waals surface area contributed by atoms with Crippen LogP contribution in [0.4, 0.5) is 0 Å². The molecule has 0 atom stereocenters. The highest BCUT2D eigenvalue weighted by atomic mass is 28.3. The summed E-state index contributed by atoms with van der Waals surface area (Å²) in [5.74, 6) is 9.50. The van der Waals surface area contributed by atoms with Crippen molar-refractivity contribution in [2.75, 3.05) is 7.11 Å². The molecule has 0 unspecified atom stereocenters. The first-order valence-electron chi connectivity index (χ1n) is 15.9. The molecule has 0 N–H and O–H groups in total. The molecule has 3 rings (SSSR count). The highest BCUT2D eigenvalue weighted by Crippen LogP contribution is 2.47. The predicted molar refractivity (Wildman–Crippen MR) is 185 cm³/mol. The van der Waals surface area contributed by atoms with Gasteiger partial charge in [-0.15, -0.1) is 11.1 Å². The van der Waals surface area contributed by atoms with Crippen molar-refractivity contribution >= 4 is 26.9 Å². The zero-order valence-electron chi connectivity index (χ0n) is 28.7. The molecule has 0 aromatic heterocycles. The first-order chi connectivity index (χ1) is 19.0. The number of rotatable bonds is 7. The van der Waals surface area contributed by atoms with E-state index in [4.69, 9.17) is 9.47 Å². The van der Waals surface area contributed by atoms with E-state index in [2.05, 4.69) is 138 Å². The van der Waals surface area contributed by atoms with Crippen molar-refractivity contribution < 1.29 is 9.47 Å². The Morgan fingerprint density at radius 2 is 1.15 bits per heavy atom. The molecular formula is C37H56O2Si2. The first-order valence-corrected chi connectivity index (χ1v) is 20.3. The van der Waals surface area contributed by atoms with Crippen LogP contribution in [0, 0.1) is 22.9 Å². The van der Waals surface area contributed by atoms with Crippen molar-refractivity contribution in [1.29, 1.82) is 0 Å². The summed E-state index contributed by atoms with van der Waals surface area (Å²) in [7, 11) is -2.18. The van der Waals surface area contributed by atoms with Crippen molar-refractivity contribution in [3.63, 3.8) is 0 Å². The van der Waals surface area contributed by atoms with E-state index in [1.54, 1.807) is 7.11 Å². The van der Waals surface area contributed by atoms with Crippen LogP contribution in [0.1, 0.15) is 114 Å². The van der Waals surface area contributed by atoms with Crippen LogP contribution in [0.15, 0.2) is 18.2 Å². The molecule has 2 aromatic rings. The van der Waals surface area contributed by atoms with Gasteiger partial charge in [0.1, 0.15) is 33.2 Å². The van der Waals surface area contributed by atoms with Crippen LogP contribution < -0.4 is 9.47 Å². The number of hydrogen-bond acceptors (Lipinski definition) is 2. The van der Waals surface area contributed by atoms with Gasteiger partial charge in [-0.05, 0) is 58.7 Å². The molecule has 0 amide bonds. The molecule has 1 aliphatic heterocycles. The predicted octanol–water partition coefficient (Wildman–Crippen LogP) is 10.7. The smallest absolute Gasteiger partial charge is 0.146 e. The third-order valence-corrected chi connectivity index (χ3v) is 22.7. The molecule has 41 heavy (non-hydrogen) atoms. The molecule has 0 fully saturated rings.